The molecular weight excluding hydrogens is 198 g/mol. The van der Waals surface area contributed by atoms with E-state index in [1.807, 2.05) is 0 Å². The van der Waals surface area contributed by atoms with E-state index in [2.05, 4.69) is 11.7 Å². The van der Waals surface area contributed by atoms with Gasteiger partial charge in [-0.1, -0.05) is 6.92 Å². The van der Waals surface area contributed by atoms with E-state index in [-0.39, 0.29) is 12.9 Å². The highest BCUT2D eigenvalue weighted by atomic mass is 16.6. The van der Waals surface area contributed by atoms with Crippen molar-refractivity contribution in [1.29, 1.82) is 0 Å². The van der Waals surface area contributed by atoms with E-state index in [4.69, 9.17) is 20.7 Å². The number of aliphatic hydroxyl groups is 2. The lowest BCUT2D eigenvalue weighted by molar-refractivity contribution is -0.0848. The molecule has 15 heavy (non-hydrogen) atoms. The predicted octanol–water partition coefficient (Wildman–Crippen LogP) is 0.0938. The molecule has 0 amide bonds. The van der Waals surface area contributed by atoms with Crippen molar-refractivity contribution in [3.8, 4) is 0 Å². The number of ether oxygens (including phenoxy) is 2. The minimum atomic E-state index is -0.512. The molecule has 0 aliphatic heterocycles. The molecule has 0 radical (unpaired) electrons. The van der Waals surface area contributed by atoms with Crippen LogP contribution in [0.1, 0.15) is 27.2 Å². The molecule has 0 aromatic rings. The normalized spacial score (nSPS) is 14.0. The predicted molar refractivity (Wildman–Crippen MR) is 59.5 cm³/mol. The zero-order valence-electron chi connectivity index (χ0n) is 9.98. The lowest BCUT2D eigenvalue weighted by Gasteiger charge is -2.12. The molecule has 2 atom stereocenters. The second-order valence-electron chi connectivity index (χ2n) is 3.14. The molecule has 0 saturated carbocycles. The van der Waals surface area contributed by atoms with Gasteiger partial charge in [0.1, 0.15) is 6.79 Å². The number of nitrogens with two attached hydrogens (primary N) is 1. The highest BCUT2D eigenvalue weighted by molar-refractivity contribution is 4.54. The number of aliphatic hydroxyl groups excluding tert-OH is 2. The topological polar surface area (TPSA) is 84.9 Å². The summed E-state index contributed by atoms with van der Waals surface area (Å²) in [5.41, 5.74) is 5.14. The summed E-state index contributed by atoms with van der Waals surface area (Å²) in [5, 5.41) is 16.9. The van der Waals surface area contributed by atoms with Crippen LogP contribution in [-0.2, 0) is 9.47 Å². The molecule has 0 aromatic heterocycles. The first-order chi connectivity index (χ1) is 7.09. The molecule has 0 spiro atoms. The van der Waals surface area contributed by atoms with Gasteiger partial charge in [-0.3, -0.25) is 0 Å². The Hall–Kier alpha value is -0.200. The monoisotopic (exact) mass is 223 g/mol. The van der Waals surface area contributed by atoms with Crippen LogP contribution in [0.15, 0.2) is 0 Å². The average Bonchev–Trinajstić information content (AvgIpc) is 2.20. The van der Waals surface area contributed by atoms with Crippen molar-refractivity contribution < 1.29 is 19.7 Å². The summed E-state index contributed by atoms with van der Waals surface area (Å²) in [6.07, 6.45) is 0.294. The van der Waals surface area contributed by atoms with Gasteiger partial charge in [-0.25, -0.2) is 0 Å². The Bertz CT molecular complexity index is 108. The van der Waals surface area contributed by atoms with Gasteiger partial charge in [-0.15, -0.1) is 0 Å². The Morgan fingerprint density at radius 1 is 1.27 bits per heavy atom. The lowest BCUT2D eigenvalue weighted by atomic mass is 10.3. The van der Waals surface area contributed by atoms with Gasteiger partial charge in [0.15, 0.2) is 0 Å². The summed E-state index contributed by atoms with van der Waals surface area (Å²) < 4.78 is 9.62. The summed E-state index contributed by atoms with van der Waals surface area (Å²) in [7, 11) is 0. The van der Waals surface area contributed by atoms with Gasteiger partial charge in [0.25, 0.3) is 0 Å². The van der Waals surface area contributed by atoms with E-state index in [1.165, 1.54) is 0 Å². The molecule has 0 aliphatic carbocycles. The van der Waals surface area contributed by atoms with Gasteiger partial charge in [0.05, 0.1) is 18.8 Å². The summed E-state index contributed by atoms with van der Waals surface area (Å²) in [5.74, 6) is 0. The molecule has 0 bridgehead atoms. The summed E-state index contributed by atoms with van der Waals surface area (Å²) in [6.45, 7) is 7.24. The minimum absolute atomic E-state index is 0.278. The van der Waals surface area contributed by atoms with Crippen LogP contribution in [0.25, 0.3) is 0 Å². The molecule has 94 valence electrons. The Balaban J connectivity index is 0. The molecule has 5 nitrogen and oxygen atoms in total. The summed E-state index contributed by atoms with van der Waals surface area (Å²) >= 11 is 0. The molecule has 0 aliphatic rings. The van der Waals surface area contributed by atoms with Crippen molar-refractivity contribution in [2.45, 2.75) is 39.4 Å². The van der Waals surface area contributed by atoms with E-state index in [0.717, 1.165) is 13.0 Å². The Morgan fingerprint density at radius 3 is 2.13 bits per heavy atom. The fraction of sp³-hybridized carbons (Fsp3) is 1.00. The van der Waals surface area contributed by atoms with Crippen molar-refractivity contribution in [2.24, 2.45) is 5.73 Å². The van der Waals surface area contributed by atoms with Gasteiger partial charge in [-0.2, -0.15) is 0 Å². The number of hydrogen-bond donors (Lipinski definition) is 3. The summed E-state index contributed by atoms with van der Waals surface area (Å²) in [4.78, 5) is 0. The van der Waals surface area contributed by atoms with Crippen LogP contribution in [0.2, 0.25) is 0 Å². The van der Waals surface area contributed by atoms with Gasteiger partial charge in [0, 0.05) is 13.2 Å². The Morgan fingerprint density at radius 2 is 1.87 bits per heavy atom. The first-order valence-electron chi connectivity index (χ1n) is 5.28. The van der Waals surface area contributed by atoms with Crippen molar-refractivity contribution in [3.05, 3.63) is 0 Å². The number of rotatable bonds is 7. The van der Waals surface area contributed by atoms with Crippen molar-refractivity contribution in [2.75, 3.05) is 26.6 Å². The third-order valence-corrected chi connectivity index (χ3v) is 1.63. The third-order valence-electron chi connectivity index (χ3n) is 1.63. The lowest BCUT2D eigenvalue weighted by Crippen LogP contribution is -2.22. The quantitative estimate of drug-likeness (QED) is 0.421. The largest absolute Gasteiger partial charge is 0.391 e. The molecular formula is C10H25NO4. The van der Waals surface area contributed by atoms with Gasteiger partial charge >= 0.3 is 0 Å². The Kier molecular flexibility index (Phi) is 15.8. The van der Waals surface area contributed by atoms with Crippen LogP contribution in [0.3, 0.4) is 0 Å². The zero-order chi connectivity index (χ0) is 12.1. The van der Waals surface area contributed by atoms with Crippen LogP contribution in [0, 0.1) is 0 Å². The standard InChI is InChI=1S/C5H13NO.C5H12O3/c1-2-4-7-5-3-6;1-4(7)5(2)8-3-6/h2-6H2,1H3;4-7H,3H2,1-2H3/t;4?,5-/m.0/s1. The third kappa shape index (κ3) is 16.5. The van der Waals surface area contributed by atoms with Crippen LogP contribution >= 0.6 is 0 Å². The average molecular weight is 223 g/mol. The summed E-state index contributed by atoms with van der Waals surface area (Å²) in [6, 6.07) is 0. The smallest absolute Gasteiger partial charge is 0.144 e. The highest BCUT2D eigenvalue weighted by Gasteiger charge is 2.06. The first kappa shape index (κ1) is 17.2. The molecule has 0 fully saturated rings. The SMILES string of the molecule is CC(O)[C@H](C)OCO.CCCOCCN. The van der Waals surface area contributed by atoms with Crippen LogP contribution in [0.4, 0.5) is 0 Å². The molecule has 0 aromatic carbocycles. The molecule has 0 rings (SSSR count). The van der Waals surface area contributed by atoms with Gasteiger partial charge in [0.2, 0.25) is 0 Å². The highest BCUT2D eigenvalue weighted by Crippen LogP contribution is 1.94. The van der Waals surface area contributed by atoms with E-state index >= 15 is 0 Å². The van der Waals surface area contributed by atoms with Crippen molar-refractivity contribution >= 4 is 0 Å². The van der Waals surface area contributed by atoms with E-state index in [9.17, 15) is 0 Å². The van der Waals surface area contributed by atoms with E-state index in [1.54, 1.807) is 13.8 Å². The molecule has 1 unspecified atom stereocenters. The Labute approximate surface area is 92.2 Å². The van der Waals surface area contributed by atoms with Gasteiger partial charge < -0.3 is 25.4 Å². The fourth-order valence-corrected chi connectivity index (χ4v) is 0.587. The van der Waals surface area contributed by atoms with Crippen molar-refractivity contribution in [3.63, 3.8) is 0 Å². The molecule has 5 heteroatoms. The second-order valence-corrected chi connectivity index (χ2v) is 3.14. The molecule has 4 N–H and O–H groups in total. The first-order valence-corrected chi connectivity index (χ1v) is 5.28. The fourth-order valence-electron chi connectivity index (χ4n) is 0.587. The molecule has 0 saturated heterocycles. The maximum Gasteiger partial charge on any atom is 0.144 e. The zero-order valence-corrected chi connectivity index (χ0v) is 9.98. The maximum absolute atomic E-state index is 8.72. The van der Waals surface area contributed by atoms with Crippen molar-refractivity contribution in [1.82, 2.24) is 0 Å². The second kappa shape index (κ2) is 13.8. The molecule has 0 heterocycles. The van der Waals surface area contributed by atoms with Crippen LogP contribution < -0.4 is 5.73 Å². The van der Waals surface area contributed by atoms with Crippen LogP contribution in [0.5, 0.6) is 0 Å². The van der Waals surface area contributed by atoms with E-state index in [0.29, 0.717) is 13.2 Å². The van der Waals surface area contributed by atoms with Crippen LogP contribution in [-0.4, -0.2) is 49.0 Å². The van der Waals surface area contributed by atoms with Gasteiger partial charge in [-0.05, 0) is 20.3 Å². The van der Waals surface area contributed by atoms with E-state index < -0.39 is 6.10 Å². The maximum atomic E-state index is 8.72. The minimum Gasteiger partial charge on any atom is -0.391 e. The number of hydrogen-bond acceptors (Lipinski definition) is 5.